The zero-order valence-corrected chi connectivity index (χ0v) is 8.15. The molecule has 15 heavy (non-hydrogen) atoms. The van der Waals surface area contributed by atoms with Gasteiger partial charge in [0.1, 0.15) is 5.82 Å². The standard InChI is InChI=1S/C9H11N3O3/c1-2-6-5-10-12-9(6)11-7(13)3-4-8(14)15/h3-5H,2H2,1H3,(H,14,15)(H2,10,11,12,13)/b4-3+. The smallest absolute Gasteiger partial charge is 0.328 e. The van der Waals surface area contributed by atoms with Crippen molar-refractivity contribution in [3.63, 3.8) is 0 Å². The Morgan fingerprint density at radius 2 is 2.33 bits per heavy atom. The minimum atomic E-state index is -1.16. The van der Waals surface area contributed by atoms with Crippen molar-refractivity contribution in [1.29, 1.82) is 0 Å². The molecule has 1 amide bonds. The number of aliphatic carboxylic acids is 1. The first-order valence-corrected chi connectivity index (χ1v) is 4.37. The van der Waals surface area contributed by atoms with Crippen LogP contribution in [0.25, 0.3) is 0 Å². The van der Waals surface area contributed by atoms with Gasteiger partial charge in [-0.05, 0) is 6.42 Å². The van der Waals surface area contributed by atoms with Crippen LogP contribution >= 0.6 is 0 Å². The van der Waals surface area contributed by atoms with E-state index in [0.717, 1.165) is 24.1 Å². The molecule has 1 aromatic heterocycles. The monoisotopic (exact) mass is 209 g/mol. The summed E-state index contributed by atoms with van der Waals surface area (Å²) in [4.78, 5) is 21.3. The maximum atomic E-state index is 11.2. The molecule has 0 spiro atoms. The first-order valence-electron chi connectivity index (χ1n) is 4.37. The van der Waals surface area contributed by atoms with E-state index in [9.17, 15) is 9.59 Å². The summed E-state index contributed by atoms with van der Waals surface area (Å²) in [6, 6.07) is 0. The van der Waals surface area contributed by atoms with Gasteiger partial charge < -0.3 is 10.4 Å². The third kappa shape index (κ3) is 3.26. The van der Waals surface area contributed by atoms with Crippen molar-refractivity contribution in [2.45, 2.75) is 13.3 Å². The number of nitrogens with one attached hydrogen (secondary N) is 2. The fourth-order valence-electron chi connectivity index (χ4n) is 0.999. The van der Waals surface area contributed by atoms with Crippen LogP contribution in [0.15, 0.2) is 18.3 Å². The summed E-state index contributed by atoms with van der Waals surface area (Å²) in [5.41, 5.74) is 0.868. The maximum absolute atomic E-state index is 11.2. The van der Waals surface area contributed by atoms with E-state index < -0.39 is 11.9 Å². The highest BCUT2D eigenvalue weighted by atomic mass is 16.4. The van der Waals surface area contributed by atoms with Crippen LogP contribution in [0, 0.1) is 0 Å². The van der Waals surface area contributed by atoms with Gasteiger partial charge in [0.15, 0.2) is 0 Å². The van der Waals surface area contributed by atoms with Crippen LogP contribution in [0.1, 0.15) is 12.5 Å². The minimum Gasteiger partial charge on any atom is -0.478 e. The Labute approximate surface area is 86.0 Å². The van der Waals surface area contributed by atoms with Crippen molar-refractivity contribution >= 4 is 17.7 Å². The van der Waals surface area contributed by atoms with Gasteiger partial charge in [0.25, 0.3) is 0 Å². The van der Waals surface area contributed by atoms with Gasteiger partial charge in [-0.15, -0.1) is 0 Å². The molecule has 0 bridgehead atoms. The van der Waals surface area contributed by atoms with Crippen LogP contribution in [0.5, 0.6) is 0 Å². The molecular formula is C9H11N3O3. The Bertz CT molecular complexity index is 395. The number of hydrogen-bond donors (Lipinski definition) is 3. The molecule has 3 N–H and O–H groups in total. The van der Waals surface area contributed by atoms with Gasteiger partial charge in [0, 0.05) is 17.7 Å². The average molecular weight is 209 g/mol. The van der Waals surface area contributed by atoms with Gasteiger partial charge >= 0.3 is 5.97 Å². The SMILES string of the molecule is CCc1cn[nH]c1NC(=O)/C=C/C(=O)O. The van der Waals surface area contributed by atoms with Crippen molar-refractivity contribution in [3.8, 4) is 0 Å². The lowest BCUT2D eigenvalue weighted by Gasteiger charge is -2.00. The number of aryl methyl sites for hydroxylation is 1. The first-order chi connectivity index (χ1) is 7.13. The van der Waals surface area contributed by atoms with E-state index in [0.29, 0.717) is 5.82 Å². The Kier molecular flexibility index (Phi) is 3.61. The molecule has 1 heterocycles. The Morgan fingerprint density at radius 3 is 2.93 bits per heavy atom. The number of aromatic nitrogens is 2. The number of H-pyrrole nitrogens is 1. The van der Waals surface area contributed by atoms with Gasteiger partial charge in [-0.25, -0.2) is 4.79 Å². The fraction of sp³-hybridized carbons (Fsp3) is 0.222. The van der Waals surface area contributed by atoms with E-state index >= 15 is 0 Å². The highest BCUT2D eigenvalue weighted by Crippen LogP contribution is 2.10. The molecule has 1 aromatic rings. The normalized spacial score (nSPS) is 10.5. The second-order valence-corrected chi connectivity index (χ2v) is 2.78. The van der Waals surface area contributed by atoms with Gasteiger partial charge in [-0.1, -0.05) is 6.92 Å². The van der Waals surface area contributed by atoms with E-state index in [1.165, 1.54) is 0 Å². The number of rotatable bonds is 4. The Hall–Kier alpha value is -2.11. The summed E-state index contributed by atoms with van der Waals surface area (Å²) in [5, 5.41) is 17.2. The van der Waals surface area contributed by atoms with Crippen LogP contribution in [0.2, 0.25) is 0 Å². The number of amides is 1. The second kappa shape index (κ2) is 4.94. The summed E-state index contributed by atoms with van der Waals surface area (Å²) >= 11 is 0. The summed E-state index contributed by atoms with van der Waals surface area (Å²) in [6.07, 6.45) is 4.06. The van der Waals surface area contributed by atoms with Gasteiger partial charge in [0.05, 0.1) is 6.20 Å². The van der Waals surface area contributed by atoms with Crippen LogP contribution < -0.4 is 5.32 Å². The van der Waals surface area contributed by atoms with Crippen LogP contribution in [-0.2, 0) is 16.0 Å². The lowest BCUT2D eigenvalue weighted by molar-refractivity contribution is -0.131. The molecule has 80 valence electrons. The number of nitrogens with zero attached hydrogens (tertiary/aromatic N) is 1. The summed E-state index contributed by atoms with van der Waals surface area (Å²) in [7, 11) is 0. The van der Waals surface area contributed by atoms with Gasteiger partial charge in [0.2, 0.25) is 5.91 Å². The summed E-state index contributed by atoms with van der Waals surface area (Å²) in [5.74, 6) is -1.17. The second-order valence-electron chi connectivity index (χ2n) is 2.78. The number of anilines is 1. The van der Waals surface area contributed by atoms with Crippen LogP contribution in [0.3, 0.4) is 0 Å². The molecule has 0 atom stereocenters. The lowest BCUT2D eigenvalue weighted by atomic mass is 10.2. The molecule has 0 aliphatic rings. The number of carbonyl (C=O) groups excluding carboxylic acids is 1. The predicted molar refractivity (Wildman–Crippen MR) is 53.4 cm³/mol. The molecule has 0 aliphatic heterocycles. The van der Waals surface area contributed by atoms with E-state index in [4.69, 9.17) is 5.11 Å². The third-order valence-electron chi connectivity index (χ3n) is 1.72. The number of carboxylic acid groups (broad SMARTS) is 1. The molecule has 0 aromatic carbocycles. The minimum absolute atomic E-state index is 0.498. The molecule has 0 aliphatic carbocycles. The zero-order chi connectivity index (χ0) is 11.3. The topological polar surface area (TPSA) is 95.1 Å². The summed E-state index contributed by atoms with van der Waals surface area (Å²) < 4.78 is 0. The predicted octanol–water partition coefficient (Wildman–Crippen LogP) is 0.551. The number of carbonyl (C=O) groups is 2. The van der Waals surface area contributed by atoms with Crippen molar-refractivity contribution in [2.24, 2.45) is 0 Å². The summed E-state index contributed by atoms with van der Waals surface area (Å²) in [6.45, 7) is 1.92. The molecule has 0 saturated heterocycles. The highest BCUT2D eigenvalue weighted by Gasteiger charge is 2.05. The molecule has 0 saturated carbocycles. The Morgan fingerprint density at radius 1 is 1.60 bits per heavy atom. The highest BCUT2D eigenvalue weighted by molar-refractivity contribution is 6.02. The van der Waals surface area contributed by atoms with Crippen molar-refractivity contribution in [1.82, 2.24) is 10.2 Å². The first kappa shape index (κ1) is 11.0. The van der Waals surface area contributed by atoms with E-state index in [1.54, 1.807) is 6.20 Å². The van der Waals surface area contributed by atoms with Gasteiger partial charge in [-0.2, -0.15) is 5.10 Å². The average Bonchev–Trinajstić information content (AvgIpc) is 2.62. The number of aromatic amines is 1. The molecule has 6 nitrogen and oxygen atoms in total. The molecule has 0 unspecified atom stereocenters. The molecule has 0 radical (unpaired) electrons. The van der Waals surface area contributed by atoms with Crippen molar-refractivity contribution < 1.29 is 14.7 Å². The van der Waals surface area contributed by atoms with E-state index in [1.807, 2.05) is 6.92 Å². The van der Waals surface area contributed by atoms with E-state index in [2.05, 4.69) is 15.5 Å². The maximum Gasteiger partial charge on any atom is 0.328 e. The molecular weight excluding hydrogens is 198 g/mol. The zero-order valence-electron chi connectivity index (χ0n) is 8.15. The third-order valence-corrected chi connectivity index (χ3v) is 1.72. The van der Waals surface area contributed by atoms with Crippen LogP contribution in [-0.4, -0.2) is 27.2 Å². The quantitative estimate of drug-likeness (QED) is 0.631. The largest absolute Gasteiger partial charge is 0.478 e. The van der Waals surface area contributed by atoms with Crippen molar-refractivity contribution in [3.05, 3.63) is 23.9 Å². The molecule has 6 heteroatoms. The lowest BCUT2D eigenvalue weighted by Crippen LogP contribution is -2.10. The van der Waals surface area contributed by atoms with E-state index in [-0.39, 0.29) is 0 Å². The number of carboxylic acids is 1. The van der Waals surface area contributed by atoms with Crippen molar-refractivity contribution in [2.75, 3.05) is 5.32 Å². The van der Waals surface area contributed by atoms with Crippen LogP contribution in [0.4, 0.5) is 5.82 Å². The fourth-order valence-corrected chi connectivity index (χ4v) is 0.999. The number of hydrogen-bond acceptors (Lipinski definition) is 3. The Balaban J connectivity index is 2.62. The molecule has 1 rings (SSSR count). The molecule has 0 fully saturated rings. The van der Waals surface area contributed by atoms with Gasteiger partial charge in [-0.3, -0.25) is 9.89 Å².